The molecule has 1 aromatic carbocycles. The summed E-state index contributed by atoms with van der Waals surface area (Å²) in [5, 5.41) is -0.368. The van der Waals surface area contributed by atoms with Crippen molar-refractivity contribution in [3.63, 3.8) is 0 Å². The first-order valence-electron chi connectivity index (χ1n) is 8.34. The molecule has 0 radical (unpaired) electrons. The van der Waals surface area contributed by atoms with Crippen LogP contribution in [-0.2, 0) is 29.8 Å². The molecule has 6 nitrogen and oxygen atoms in total. The highest BCUT2D eigenvalue weighted by Gasteiger charge is 2.45. The molecule has 0 bridgehead atoms. The van der Waals surface area contributed by atoms with E-state index >= 15 is 0 Å². The van der Waals surface area contributed by atoms with Gasteiger partial charge < -0.3 is 4.74 Å². The lowest BCUT2D eigenvalue weighted by molar-refractivity contribution is -0.144. The fraction of sp³-hybridized carbons (Fsp3) is 0.556. The Balaban J connectivity index is 2.35. The van der Waals surface area contributed by atoms with Gasteiger partial charge in [-0.2, -0.15) is 4.31 Å². The number of sulfonamides is 1. The van der Waals surface area contributed by atoms with Crippen LogP contribution in [0.3, 0.4) is 0 Å². The van der Waals surface area contributed by atoms with Gasteiger partial charge in [-0.25, -0.2) is 8.42 Å². The van der Waals surface area contributed by atoms with Crippen molar-refractivity contribution >= 4 is 32.9 Å². The molecule has 0 unspecified atom stereocenters. The SMILES string of the molecule is COC(=O)[C@@H]1C[C@@H](SC(C)=O)CN1S(=O)(=O)c1ccc(C(C)(C)C)cc1. The number of thioether (sulfide) groups is 1. The van der Waals surface area contributed by atoms with E-state index in [1.807, 2.05) is 20.8 Å². The average molecular weight is 400 g/mol. The Morgan fingerprint density at radius 2 is 1.77 bits per heavy atom. The molecule has 0 aromatic heterocycles. The van der Waals surface area contributed by atoms with Crippen LogP contribution in [0.5, 0.6) is 0 Å². The minimum atomic E-state index is -3.87. The molecule has 1 aromatic rings. The lowest BCUT2D eigenvalue weighted by Gasteiger charge is -2.23. The van der Waals surface area contributed by atoms with Gasteiger partial charge in [0.15, 0.2) is 5.12 Å². The molecule has 0 aliphatic carbocycles. The standard InChI is InChI=1S/C18H25NO5S2/c1-12(20)25-14-10-16(17(21)24-5)19(11-14)26(22,23)15-8-6-13(7-9-15)18(2,3)4/h6-9,14,16H,10-11H2,1-5H3/t14-,16+/m1/s1. The largest absolute Gasteiger partial charge is 0.468 e. The number of ether oxygens (including phenoxy) is 1. The summed E-state index contributed by atoms with van der Waals surface area (Å²) in [6, 6.07) is 5.80. The molecular formula is C18H25NO5S2. The van der Waals surface area contributed by atoms with E-state index in [1.165, 1.54) is 14.0 Å². The molecule has 1 heterocycles. The molecule has 0 amide bonds. The second kappa shape index (κ2) is 7.70. The number of benzene rings is 1. The monoisotopic (exact) mass is 399 g/mol. The van der Waals surface area contributed by atoms with Crippen LogP contribution in [-0.4, -0.2) is 48.8 Å². The van der Waals surface area contributed by atoms with Crippen LogP contribution in [0.4, 0.5) is 0 Å². The van der Waals surface area contributed by atoms with Crippen molar-refractivity contribution in [2.24, 2.45) is 0 Å². The summed E-state index contributed by atoms with van der Waals surface area (Å²) >= 11 is 1.06. The minimum absolute atomic E-state index is 0.0896. The normalized spacial score (nSPS) is 21.6. The van der Waals surface area contributed by atoms with E-state index in [2.05, 4.69) is 0 Å². The Labute approximate surface area is 159 Å². The van der Waals surface area contributed by atoms with Crippen molar-refractivity contribution in [3.8, 4) is 0 Å². The van der Waals surface area contributed by atoms with Crippen LogP contribution in [0.25, 0.3) is 0 Å². The summed E-state index contributed by atoms with van der Waals surface area (Å²) in [4.78, 5) is 23.6. The van der Waals surface area contributed by atoms with Gasteiger partial charge in [0.25, 0.3) is 0 Å². The molecular weight excluding hydrogens is 374 g/mol. The summed E-state index contributed by atoms with van der Waals surface area (Å²) < 4.78 is 32.1. The van der Waals surface area contributed by atoms with Crippen molar-refractivity contribution < 1.29 is 22.7 Å². The van der Waals surface area contributed by atoms with E-state index < -0.39 is 22.0 Å². The van der Waals surface area contributed by atoms with Gasteiger partial charge in [-0.3, -0.25) is 9.59 Å². The van der Waals surface area contributed by atoms with E-state index in [0.29, 0.717) is 0 Å². The summed E-state index contributed by atoms with van der Waals surface area (Å²) in [6.07, 6.45) is 0.260. The Hall–Kier alpha value is -1.38. The third-order valence-electron chi connectivity index (χ3n) is 4.35. The van der Waals surface area contributed by atoms with Crippen molar-refractivity contribution in [2.75, 3.05) is 13.7 Å². The Morgan fingerprint density at radius 3 is 2.23 bits per heavy atom. The summed E-state index contributed by atoms with van der Waals surface area (Å²) in [7, 11) is -2.63. The number of hydrogen-bond donors (Lipinski definition) is 0. The molecule has 2 rings (SSSR count). The minimum Gasteiger partial charge on any atom is -0.468 e. The number of esters is 1. The molecule has 0 spiro atoms. The second-order valence-corrected chi connectivity index (χ2v) is 10.7. The fourth-order valence-corrected chi connectivity index (χ4v) is 5.68. The first-order chi connectivity index (χ1) is 12.0. The van der Waals surface area contributed by atoms with Crippen molar-refractivity contribution in [1.29, 1.82) is 0 Å². The predicted molar refractivity (Wildman–Crippen MR) is 102 cm³/mol. The fourth-order valence-electron chi connectivity index (χ4n) is 2.97. The van der Waals surface area contributed by atoms with Crippen LogP contribution in [0.15, 0.2) is 29.2 Å². The van der Waals surface area contributed by atoms with Crippen LogP contribution in [0, 0.1) is 0 Å². The molecule has 1 aliphatic rings. The zero-order valence-electron chi connectivity index (χ0n) is 15.7. The first kappa shape index (κ1) is 20.9. The lowest BCUT2D eigenvalue weighted by Crippen LogP contribution is -2.41. The highest BCUT2D eigenvalue weighted by atomic mass is 32.2. The maximum atomic E-state index is 13.1. The van der Waals surface area contributed by atoms with Gasteiger partial charge in [0, 0.05) is 18.7 Å². The number of rotatable bonds is 4. The number of methoxy groups -OCH3 is 1. The van der Waals surface area contributed by atoms with Gasteiger partial charge in [-0.15, -0.1) is 0 Å². The summed E-state index contributed by atoms with van der Waals surface area (Å²) in [5.41, 5.74) is 0.931. The molecule has 1 aliphatic heterocycles. The molecule has 144 valence electrons. The maximum Gasteiger partial charge on any atom is 0.324 e. The number of nitrogens with zero attached hydrogens (tertiary/aromatic N) is 1. The Bertz CT molecular complexity index is 781. The van der Waals surface area contributed by atoms with Crippen molar-refractivity contribution in [3.05, 3.63) is 29.8 Å². The number of carbonyl (C=O) groups excluding carboxylic acids is 2. The number of hydrogen-bond acceptors (Lipinski definition) is 6. The van der Waals surface area contributed by atoms with Gasteiger partial charge in [-0.1, -0.05) is 44.7 Å². The Morgan fingerprint density at radius 1 is 1.19 bits per heavy atom. The molecule has 0 saturated carbocycles. The number of carbonyl (C=O) groups is 2. The molecule has 1 saturated heterocycles. The lowest BCUT2D eigenvalue weighted by atomic mass is 9.87. The van der Waals surface area contributed by atoms with Gasteiger partial charge in [0.1, 0.15) is 6.04 Å². The first-order valence-corrected chi connectivity index (χ1v) is 10.7. The van der Waals surface area contributed by atoms with Gasteiger partial charge >= 0.3 is 5.97 Å². The quantitative estimate of drug-likeness (QED) is 0.724. The van der Waals surface area contributed by atoms with Gasteiger partial charge in [0.05, 0.1) is 12.0 Å². The van der Waals surface area contributed by atoms with Crippen LogP contribution < -0.4 is 0 Å². The molecule has 2 atom stereocenters. The van der Waals surface area contributed by atoms with Crippen LogP contribution >= 0.6 is 11.8 Å². The maximum absolute atomic E-state index is 13.1. The topological polar surface area (TPSA) is 80.8 Å². The molecule has 26 heavy (non-hydrogen) atoms. The summed E-state index contributed by atoms with van der Waals surface area (Å²) in [6.45, 7) is 7.68. The summed E-state index contributed by atoms with van der Waals surface area (Å²) in [5.74, 6) is -0.605. The van der Waals surface area contributed by atoms with Crippen LogP contribution in [0.2, 0.25) is 0 Å². The van der Waals surface area contributed by atoms with E-state index in [1.54, 1.807) is 24.3 Å². The van der Waals surface area contributed by atoms with E-state index in [4.69, 9.17) is 4.74 Å². The predicted octanol–water partition coefficient (Wildman–Crippen LogP) is 2.57. The van der Waals surface area contributed by atoms with Gasteiger partial charge in [-0.05, 0) is 29.5 Å². The zero-order valence-corrected chi connectivity index (χ0v) is 17.3. The van der Waals surface area contributed by atoms with E-state index in [9.17, 15) is 18.0 Å². The Kier molecular flexibility index (Phi) is 6.20. The van der Waals surface area contributed by atoms with Crippen molar-refractivity contribution in [2.45, 2.75) is 55.7 Å². The average Bonchev–Trinajstić information content (AvgIpc) is 2.97. The highest BCUT2D eigenvalue weighted by molar-refractivity contribution is 8.14. The highest BCUT2D eigenvalue weighted by Crippen LogP contribution is 2.33. The smallest absolute Gasteiger partial charge is 0.324 e. The third-order valence-corrected chi connectivity index (χ3v) is 7.25. The zero-order chi connectivity index (χ0) is 19.7. The van der Waals surface area contributed by atoms with Gasteiger partial charge in [0.2, 0.25) is 10.0 Å². The van der Waals surface area contributed by atoms with E-state index in [0.717, 1.165) is 21.6 Å². The molecule has 8 heteroatoms. The van der Waals surface area contributed by atoms with Crippen molar-refractivity contribution in [1.82, 2.24) is 4.31 Å². The second-order valence-electron chi connectivity index (χ2n) is 7.36. The third kappa shape index (κ3) is 4.47. The van der Waals surface area contributed by atoms with Crippen LogP contribution in [0.1, 0.15) is 39.7 Å². The van der Waals surface area contributed by atoms with E-state index in [-0.39, 0.29) is 33.6 Å². The molecule has 1 fully saturated rings. The molecule has 0 N–H and O–H groups in total.